The number of nitrogens with zero attached hydrogens (tertiary/aromatic N) is 4. The molecule has 0 radical (unpaired) electrons. The molecule has 0 N–H and O–H groups in total. The molecule has 1 aromatic heterocycles. The first-order valence-corrected chi connectivity index (χ1v) is 12.6. The van der Waals surface area contributed by atoms with Crippen LogP contribution in [0.2, 0.25) is 0 Å². The van der Waals surface area contributed by atoms with Crippen LogP contribution in [0.1, 0.15) is 47.4 Å². The highest BCUT2D eigenvalue weighted by atomic mass is 32.2. The third-order valence-corrected chi connectivity index (χ3v) is 7.66. The summed E-state index contributed by atoms with van der Waals surface area (Å²) in [6, 6.07) is 13.8. The SMILES string of the molecule is Cc1nc(COc2ccc(C(=O)N3CCN(S(=O)(=O)c4ccc(C(C)C)cc4)CC3)cc2)no1. The molecule has 9 nitrogen and oxygen atoms in total. The molecule has 4 rings (SSSR count). The number of hydrogen-bond donors (Lipinski definition) is 0. The van der Waals surface area contributed by atoms with Gasteiger partial charge in [0.25, 0.3) is 5.91 Å². The van der Waals surface area contributed by atoms with E-state index in [0.29, 0.717) is 42.0 Å². The second-order valence-electron chi connectivity index (χ2n) is 8.46. The number of carbonyl (C=O) groups excluding carboxylic acids is 1. The third kappa shape index (κ3) is 5.28. The van der Waals surface area contributed by atoms with Gasteiger partial charge in [-0.15, -0.1) is 0 Å². The summed E-state index contributed by atoms with van der Waals surface area (Å²) in [5.74, 6) is 1.69. The van der Waals surface area contributed by atoms with Gasteiger partial charge in [-0.05, 0) is 47.9 Å². The number of amides is 1. The number of hydrogen-bond acceptors (Lipinski definition) is 7. The molecule has 180 valence electrons. The van der Waals surface area contributed by atoms with E-state index in [1.807, 2.05) is 12.1 Å². The maximum atomic E-state index is 13.0. The van der Waals surface area contributed by atoms with Crippen LogP contribution in [0.15, 0.2) is 57.9 Å². The number of rotatable bonds is 7. The average molecular weight is 485 g/mol. The fourth-order valence-electron chi connectivity index (χ4n) is 3.73. The molecule has 0 unspecified atom stereocenters. The first-order valence-electron chi connectivity index (χ1n) is 11.2. The molecule has 2 aromatic carbocycles. The van der Waals surface area contributed by atoms with E-state index in [9.17, 15) is 13.2 Å². The van der Waals surface area contributed by atoms with E-state index in [2.05, 4.69) is 24.0 Å². The van der Waals surface area contributed by atoms with Crippen LogP contribution in [-0.2, 0) is 16.6 Å². The van der Waals surface area contributed by atoms with Crippen LogP contribution in [0.5, 0.6) is 5.75 Å². The van der Waals surface area contributed by atoms with Crippen LogP contribution in [0, 0.1) is 6.92 Å². The van der Waals surface area contributed by atoms with E-state index >= 15 is 0 Å². The van der Waals surface area contributed by atoms with Crippen molar-refractivity contribution in [2.24, 2.45) is 0 Å². The lowest BCUT2D eigenvalue weighted by Crippen LogP contribution is -2.50. The highest BCUT2D eigenvalue weighted by molar-refractivity contribution is 7.89. The van der Waals surface area contributed by atoms with Gasteiger partial charge in [-0.1, -0.05) is 31.1 Å². The van der Waals surface area contributed by atoms with Crippen LogP contribution in [-0.4, -0.2) is 59.8 Å². The summed E-state index contributed by atoms with van der Waals surface area (Å²) in [6.45, 7) is 7.18. The smallest absolute Gasteiger partial charge is 0.253 e. The van der Waals surface area contributed by atoms with E-state index in [-0.39, 0.29) is 30.5 Å². The van der Waals surface area contributed by atoms with Gasteiger partial charge in [0.1, 0.15) is 5.75 Å². The van der Waals surface area contributed by atoms with E-state index in [0.717, 1.165) is 5.56 Å². The van der Waals surface area contributed by atoms with Crippen LogP contribution in [0.4, 0.5) is 0 Å². The van der Waals surface area contributed by atoms with Gasteiger partial charge in [-0.2, -0.15) is 9.29 Å². The van der Waals surface area contributed by atoms with Crippen molar-refractivity contribution < 1.29 is 22.5 Å². The lowest BCUT2D eigenvalue weighted by molar-refractivity contribution is 0.0698. The molecule has 0 bridgehead atoms. The minimum Gasteiger partial charge on any atom is -0.485 e. The first-order chi connectivity index (χ1) is 16.2. The Morgan fingerprint density at radius 1 is 1.03 bits per heavy atom. The number of sulfonamides is 1. The molecule has 1 aliphatic heterocycles. The van der Waals surface area contributed by atoms with Gasteiger partial charge in [0, 0.05) is 38.7 Å². The van der Waals surface area contributed by atoms with E-state index in [1.165, 1.54) is 4.31 Å². The lowest BCUT2D eigenvalue weighted by atomic mass is 10.0. The summed E-state index contributed by atoms with van der Waals surface area (Å²) < 4.78 is 38.0. The molecular weight excluding hydrogens is 456 g/mol. The van der Waals surface area contributed by atoms with Crippen molar-refractivity contribution in [1.82, 2.24) is 19.3 Å². The summed E-state index contributed by atoms with van der Waals surface area (Å²) in [7, 11) is -3.59. The minimum atomic E-state index is -3.59. The van der Waals surface area contributed by atoms with Crippen LogP contribution < -0.4 is 4.74 Å². The van der Waals surface area contributed by atoms with Gasteiger partial charge < -0.3 is 14.2 Å². The van der Waals surface area contributed by atoms with Gasteiger partial charge >= 0.3 is 0 Å². The van der Waals surface area contributed by atoms with Crippen LogP contribution in [0.3, 0.4) is 0 Å². The van der Waals surface area contributed by atoms with Crippen LogP contribution in [0.25, 0.3) is 0 Å². The predicted molar refractivity (Wildman–Crippen MR) is 125 cm³/mol. The van der Waals surface area contributed by atoms with Gasteiger partial charge in [0.2, 0.25) is 21.7 Å². The zero-order valence-electron chi connectivity index (χ0n) is 19.5. The lowest BCUT2D eigenvalue weighted by Gasteiger charge is -2.34. The maximum absolute atomic E-state index is 13.0. The van der Waals surface area contributed by atoms with Gasteiger partial charge in [-0.3, -0.25) is 4.79 Å². The summed E-state index contributed by atoms with van der Waals surface area (Å²) in [5.41, 5.74) is 1.61. The number of ether oxygens (including phenoxy) is 1. The number of carbonyl (C=O) groups is 1. The Morgan fingerprint density at radius 2 is 1.68 bits per heavy atom. The third-order valence-electron chi connectivity index (χ3n) is 5.75. The largest absolute Gasteiger partial charge is 0.485 e. The monoisotopic (exact) mass is 484 g/mol. The zero-order chi connectivity index (χ0) is 24.3. The molecule has 1 amide bonds. The van der Waals surface area contributed by atoms with Crippen molar-refractivity contribution >= 4 is 15.9 Å². The molecular formula is C24H28N4O5S. The molecule has 34 heavy (non-hydrogen) atoms. The fraction of sp³-hybridized carbons (Fsp3) is 0.375. The van der Waals surface area contributed by atoms with Crippen molar-refractivity contribution in [3.8, 4) is 5.75 Å². The molecule has 0 saturated carbocycles. The Labute approximate surface area is 199 Å². The van der Waals surface area contributed by atoms with Crippen molar-refractivity contribution in [2.75, 3.05) is 26.2 Å². The molecule has 3 aromatic rings. The van der Waals surface area contributed by atoms with E-state index < -0.39 is 10.0 Å². The van der Waals surface area contributed by atoms with Crippen molar-refractivity contribution in [2.45, 2.75) is 38.2 Å². The summed E-state index contributed by atoms with van der Waals surface area (Å²) >= 11 is 0. The maximum Gasteiger partial charge on any atom is 0.253 e. The molecule has 0 atom stereocenters. The topological polar surface area (TPSA) is 106 Å². The summed E-state index contributed by atoms with van der Waals surface area (Å²) in [5, 5.41) is 3.77. The molecule has 10 heteroatoms. The highest BCUT2D eigenvalue weighted by Crippen LogP contribution is 2.22. The second-order valence-corrected chi connectivity index (χ2v) is 10.4. The Morgan fingerprint density at radius 3 is 2.24 bits per heavy atom. The van der Waals surface area contributed by atoms with E-state index in [4.69, 9.17) is 9.26 Å². The van der Waals surface area contributed by atoms with E-state index in [1.54, 1.807) is 48.2 Å². The molecule has 0 aliphatic carbocycles. The fourth-order valence-corrected chi connectivity index (χ4v) is 5.15. The number of piperazine rings is 1. The molecule has 0 spiro atoms. The van der Waals surface area contributed by atoms with Crippen molar-refractivity contribution in [3.63, 3.8) is 0 Å². The number of benzene rings is 2. The average Bonchev–Trinajstić information content (AvgIpc) is 3.27. The number of aromatic nitrogens is 2. The standard InChI is InChI=1S/C24H28N4O5S/c1-17(2)19-6-10-22(11-7-19)34(30,31)28-14-12-27(13-15-28)24(29)20-4-8-21(9-5-20)32-16-23-25-18(3)33-26-23/h4-11,17H,12-16H2,1-3H3. The number of aryl methyl sites for hydroxylation is 1. The highest BCUT2D eigenvalue weighted by Gasteiger charge is 2.30. The van der Waals surface area contributed by atoms with Crippen LogP contribution >= 0.6 is 0 Å². The summed E-state index contributed by atoms with van der Waals surface area (Å²) in [6.07, 6.45) is 0. The Kier molecular flexibility index (Phi) is 6.99. The Bertz CT molecular complexity index is 1230. The van der Waals surface area contributed by atoms with Gasteiger partial charge in [-0.25, -0.2) is 8.42 Å². The van der Waals surface area contributed by atoms with Gasteiger partial charge in [0.15, 0.2) is 6.61 Å². The first kappa shape index (κ1) is 23.9. The van der Waals surface area contributed by atoms with Crippen molar-refractivity contribution in [3.05, 3.63) is 71.4 Å². The summed E-state index contributed by atoms with van der Waals surface area (Å²) in [4.78, 5) is 18.9. The zero-order valence-corrected chi connectivity index (χ0v) is 20.3. The van der Waals surface area contributed by atoms with Crippen molar-refractivity contribution in [1.29, 1.82) is 0 Å². The molecule has 1 saturated heterocycles. The quantitative estimate of drug-likeness (QED) is 0.507. The molecule has 1 aliphatic rings. The Balaban J connectivity index is 1.33. The Hall–Kier alpha value is -3.24. The minimum absolute atomic E-state index is 0.140. The normalized spacial score (nSPS) is 15.0. The molecule has 1 fully saturated rings. The predicted octanol–water partition coefficient (Wildman–Crippen LogP) is 3.23. The molecule has 2 heterocycles. The second kappa shape index (κ2) is 9.94. The van der Waals surface area contributed by atoms with Gasteiger partial charge in [0.05, 0.1) is 4.90 Å².